The summed E-state index contributed by atoms with van der Waals surface area (Å²) in [5.74, 6) is -0.0225. The summed E-state index contributed by atoms with van der Waals surface area (Å²) < 4.78 is 5.26. The van der Waals surface area contributed by atoms with Gasteiger partial charge in [0.15, 0.2) is 0 Å². The van der Waals surface area contributed by atoms with Crippen LogP contribution in [0.15, 0.2) is 48.5 Å². The van der Waals surface area contributed by atoms with E-state index in [2.05, 4.69) is 10.6 Å². The predicted octanol–water partition coefficient (Wildman–Crippen LogP) is 3.70. The van der Waals surface area contributed by atoms with Crippen molar-refractivity contribution in [2.45, 2.75) is 13.0 Å². The zero-order valence-electron chi connectivity index (χ0n) is 15.1. The first-order valence-corrected chi connectivity index (χ1v) is 9.21. The van der Waals surface area contributed by atoms with Crippen molar-refractivity contribution in [3.63, 3.8) is 0 Å². The van der Waals surface area contributed by atoms with E-state index in [1.54, 1.807) is 41.3 Å². The van der Waals surface area contributed by atoms with E-state index in [0.717, 1.165) is 5.56 Å². The number of rotatable bonds is 4. The zero-order chi connectivity index (χ0) is 19.2. The molecule has 142 valence electrons. The van der Waals surface area contributed by atoms with Crippen LogP contribution in [0, 0.1) is 0 Å². The summed E-state index contributed by atoms with van der Waals surface area (Å²) in [5.41, 5.74) is 2.17. The Bertz CT molecular complexity index is 787. The molecule has 0 spiro atoms. The number of nitrogens with one attached hydrogen (secondary N) is 2. The maximum atomic E-state index is 12.4. The van der Waals surface area contributed by atoms with Crippen LogP contribution in [-0.2, 0) is 4.74 Å². The second-order valence-corrected chi connectivity index (χ2v) is 6.79. The maximum Gasteiger partial charge on any atom is 0.319 e. The molecule has 1 aliphatic heterocycles. The molecule has 1 aliphatic rings. The van der Waals surface area contributed by atoms with Crippen molar-refractivity contribution < 1.29 is 14.3 Å². The minimum atomic E-state index is -0.315. The molecule has 2 N–H and O–H groups in total. The van der Waals surface area contributed by atoms with Gasteiger partial charge in [-0.3, -0.25) is 4.79 Å². The highest BCUT2D eigenvalue weighted by atomic mass is 35.5. The third kappa shape index (κ3) is 5.21. The van der Waals surface area contributed by atoms with Gasteiger partial charge in [0.1, 0.15) is 0 Å². The van der Waals surface area contributed by atoms with Crippen molar-refractivity contribution in [3.05, 3.63) is 64.7 Å². The van der Waals surface area contributed by atoms with Gasteiger partial charge < -0.3 is 20.3 Å². The molecule has 3 amide bonds. The van der Waals surface area contributed by atoms with Crippen molar-refractivity contribution in [3.8, 4) is 0 Å². The van der Waals surface area contributed by atoms with Crippen LogP contribution in [0.5, 0.6) is 0 Å². The van der Waals surface area contributed by atoms with Crippen LogP contribution in [0.4, 0.5) is 10.5 Å². The van der Waals surface area contributed by atoms with Crippen LogP contribution in [0.1, 0.15) is 28.9 Å². The van der Waals surface area contributed by atoms with E-state index in [1.165, 1.54) is 0 Å². The van der Waals surface area contributed by atoms with Crippen molar-refractivity contribution in [2.24, 2.45) is 0 Å². The Morgan fingerprint density at radius 3 is 2.30 bits per heavy atom. The fraction of sp³-hybridized carbons (Fsp3) is 0.300. The summed E-state index contributed by atoms with van der Waals surface area (Å²) in [6.45, 7) is 4.23. The Hall–Kier alpha value is -2.57. The molecule has 3 rings (SSSR count). The predicted molar refractivity (Wildman–Crippen MR) is 105 cm³/mol. The molecule has 2 aromatic carbocycles. The van der Waals surface area contributed by atoms with E-state index in [1.807, 2.05) is 19.1 Å². The topological polar surface area (TPSA) is 70.7 Å². The Morgan fingerprint density at radius 2 is 1.67 bits per heavy atom. The fourth-order valence-corrected chi connectivity index (χ4v) is 2.97. The Balaban J connectivity index is 1.55. The number of benzene rings is 2. The lowest BCUT2D eigenvalue weighted by Gasteiger charge is -2.26. The summed E-state index contributed by atoms with van der Waals surface area (Å²) in [5, 5.41) is 6.30. The first-order valence-electron chi connectivity index (χ1n) is 8.83. The number of anilines is 1. The third-order valence-corrected chi connectivity index (χ3v) is 4.66. The minimum absolute atomic E-state index is 0.0225. The number of morpholine rings is 1. The number of amides is 3. The largest absolute Gasteiger partial charge is 0.378 e. The zero-order valence-corrected chi connectivity index (χ0v) is 15.8. The lowest BCUT2D eigenvalue weighted by Crippen LogP contribution is -2.40. The summed E-state index contributed by atoms with van der Waals surface area (Å²) in [6, 6.07) is 13.7. The van der Waals surface area contributed by atoms with Gasteiger partial charge in [-0.1, -0.05) is 23.7 Å². The highest BCUT2D eigenvalue weighted by Gasteiger charge is 2.18. The maximum absolute atomic E-state index is 12.4. The third-order valence-electron chi connectivity index (χ3n) is 4.41. The number of hydrogen-bond acceptors (Lipinski definition) is 3. The summed E-state index contributed by atoms with van der Waals surface area (Å²) >= 11 is 5.88. The molecule has 1 fully saturated rings. The molecule has 6 nitrogen and oxygen atoms in total. The molecular weight excluding hydrogens is 366 g/mol. The number of urea groups is 1. The van der Waals surface area contributed by atoms with Gasteiger partial charge in [0.2, 0.25) is 0 Å². The molecule has 0 aromatic heterocycles. The van der Waals surface area contributed by atoms with Gasteiger partial charge in [0.25, 0.3) is 5.91 Å². The molecule has 2 aromatic rings. The standard InChI is InChI=1S/C20H22ClN3O3/c1-14(15-2-6-17(21)7-3-15)22-20(26)23-18-8-4-16(5-9-18)19(25)24-10-12-27-13-11-24/h2-9,14H,10-13H2,1H3,(H2,22,23,26). The van der Waals surface area contributed by atoms with Crippen LogP contribution in [0.25, 0.3) is 0 Å². The van der Waals surface area contributed by atoms with Crippen LogP contribution in [0.2, 0.25) is 5.02 Å². The lowest BCUT2D eigenvalue weighted by atomic mass is 10.1. The average Bonchev–Trinajstić information content (AvgIpc) is 2.69. The highest BCUT2D eigenvalue weighted by Crippen LogP contribution is 2.17. The number of hydrogen-bond donors (Lipinski definition) is 2. The lowest BCUT2D eigenvalue weighted by molar-refractivity contribution is 0.0303. The van der Waals surface area contributed by atoms with Crippen molar-refractivity contribution in [2.75, 3.05) is 31.6 Å². The minimum Gasteiger partial charge on any atom is -0.378 e. The number of carbonyl (C=O) groups excluding carboxylic acids is 2. The highest BCUT2D eigenvalue weighted by molar-refractivity contribution is 6.30. The molecule has 0 aliphatic carbocycles. The smallest absolute Gasteiger partial charge is 0.319 e. The first-order chi connectivity index (χ1) is 13.0. The van der Waals surface area contributed by atoms with Gasteiger partial charge in [-0.2, -0.15) is 0 Å². The number of nitrogens with zero attached hydrogens (tertiary/aromatic N) is 1. The van der Waals surface area contributed by atoms with Gasteiger partial charge in [0, 0.05) is 29.4 Å². The van der Waals surface area contributed by atoms with Crippen molar-refractivity contribution >= 4 is 29.2 Å². The van der Waals surface area contributed by atoms with Gasteiger partial charge in [0.05, 0.1) is 19.3 Å². The Kier molecular flexibility index (Phi) is 6.32. The molecule has 1 atom stereocenters. The van der Waals surface area contributed by atoms with Crippen LogP contribution in [0.3, 0.4) is 0 Å². The summed E-state index contributed by atoms with van der Waals surface area (Å²) in [4.78, 5) is 26.4. The summed E-state index contributed by atoms with van der Waals surface area (Å²) in [7, 11) is 0. The molecule has 0 radical (unpaired) electrons. The first kappa shape index (κ1) is 19.2. The van der Waals surface area contributed by atoms with Gasteiger partial charge >= 0.3 is 6.03 Å². The van der Waals surface area contributed by atoms with Gasteiger partial charge in [-0.15, -0.1) is 0 Å². The number of halogens is 1. The SMILES string of the molecule is CC(NC(=O)Nc1ccc(C(=O)N2CCOCC2)cc1)c1ccc(Cl)cc1. The molecule has 0 bridgehead atoms. The Morgan fingerprint density at radius 1 is 1.04 bits per heavy atom. The van der Waals surface area contributed by atoms with E-state index < -0.39 is 0 Å². The van der Waals surface area contributed by atoms with E-state index in [0.29, 0.717) is 42.6 Å². The van der Waals surface area contributed by atoms with Crippen molar-refractivity contribution in [1.29, 1.82) is 0 Å². The Labute approximate surface area is 163 Å². The van der Waals surface area contributed by atoms with Crippen LogP contribution < -0.4 is 10.6 Å². The molecule has 1 heterocycles. The van der Waals surface area contributed by atoms with E-state index >= 15 is 0 Å². The average molecular weight is 388 g/mol. The molecular formula is C20H22ClN3O3. The molecule has 1 saturated heterocycles. The van der Waals surface area contributed by atoms with E-state index in [4.69, 9.17) is 16.3 Å². The molecule has 0 saturated carbocycles. The molecule has 1 unspecified atom stereocenters. The second kappa shape index (κ2) is 8.88. The molecule has 7 heteroatoms. The van der Waals surface area contributed by atoms with Crippen LogP contribution in [-0.4, -0.2) is 43.1 Å². The monoisotopic (exact) mass is 387 g/mol. The normalized spacial score (nSPS) is 15.1. The summed E-state index contributed by atoms with van der Waals surface area (Å²) in [6.07, 6.45) is 0. The fourth-order valence-electron chi connectivity index (χ4n) is 2.84. The van der Waals surface area contributed by atoms with Crippen molar-refractivity contribution in [1.82, 2.24) is 10.2 Å². The molecule has 27 heavy (non-hydrogen) atoms. The second-order valence-electron chi connectivity index (χ2n) is 6.35. The van der Waals surface area contributed by atoms with E-state index in [-0.39, 0.29) is 18.0 Å². The van der Waals surface area contributed by atoms with Gasteiger partial charge in [-0.25, -0.2) is 4.79 Å². The quantitative estimate of drug-likeness (QED) is 0.840. The van der Waals surface area contributed by atoms with Crippen LogP contribution >= 0.6 is 11.6 Å². The van der Waals surface area contributed by atoms with E-state index in [9.17, 15) is 9.59 Å². The number of carbonyl (C=O) groups is 2. The van der Waals surface area contributed by atoms with Gasteiger partial charge in [-0.05, 0) is 48.9 Å². The number of ether oxygens (including phenoxy) is 1.